The van der Waals surface area contributed by atoms with E-state index in [0.29, 0.717) is 0 Å². The Balaban J connectivity index is 2.66. The maximum atomic E-state index is 13.0. The molecule has 4 heteroatoms. The molecule has 3 N–H and O–H groups in total. The van der Waals surface area contributed by atoms with Gasteiger partial charge in [0, 0.05) is 0 Å². The topological polar surface area (TPSA) is 55.1 Å². The van der Waals surface area contributed by atoms with Crippen molar-refractivity contribution in [1.29, 1.82) is 0 Å². The van der Waals surface area contributed by atoms with Gasteiger partial charge in [0.1, 0.15) is 5.82 Å². The van der Waals surface area contributed by atoms with Crippen molar-refractivity contribution in [3.63, 3.8) is 0 Å². The van der Waals surface area contributed by atoms with Crippen molar-refractivity contribution in [3.05, 3.63) is 35.6 Å². The van der Waals surface area contributed by atoms with Gasteiger partial charge in [-0.05, 0) is 30.5 Å². The number of rotatable bonds is 4. The maximum absolute atomic E-state index is 13.0. The average Bonchev–Trinajstić information content (AvgIpc) is 2.27. The van der Waals surface area contributed by atoms with E-state index >= 15 is 0 Å². The summed E-state index contributed by atoms with van der Waals surface area (Å²) in [5, 5.41) is 2.77. The highest BCUT2D eigenvalue weighted by atomic mass is 19.1. The van der Waals surface area contributed by atoms with Crippen molar-refractivity contribution >= 4 is 5.91 Å². The molecular weight excluding hydrogens is 219 g/mol. The molecule has 1 aromatic rings. The number of carbonyl (C=O) groups is 1. The molecule has 1 amide bonds. The molecule has 2 atom stereocenters. The Kier molecular flexibility index (Phi) is 4.63. The molecule has 0 saturated heterocycles. The molecular formula is C13H19FN2O. The lowest BCUT2D eigenvalue weighted by molar-refractivity contribution is -0.123. The number of hydrogen-bond acceptors (Lipinski definition) is 2. The van der Waals surface area contributed by atoms with E-state index in [1.807, 2.05) is 13.8 Å². The summed E-state index contributed by atoms with van der Waals surface area (Å²) >= 11 is 0. The predicted octanol–water partition coefficient (Wildman–Crippen LogP) is 1.99. The zero-order valence-corrected chi connectivity index (χ0v) is 10.4. The van der Waals surface area contributed by atoms with E-state index in [1.165, 1.54) is 12.1 Å². The minimum atomic E-state index is -0.536. The molecule has 0 spiro atoms. The molecule has 0 heterocycles. The highest BCUT2D eigenvalue weighted by Gasteiger charge is 2.19. The fraction of sp³-hybridized carbons (Fsp3) is 0.462. The van der Waals surface area contributed by atoms with Gasteiger partial charge in [0.2, 0.25) is 5.91 Å². The van der Waals surface area contributed by atoms with Gasteiger partial charge in [0.25, 0.3) is 0 Å². The van der Waals surface area contributed by atoms with Crippen molar-refractivity contribution in [2.24, 2.45) is 11.7 Å². The monoisotopic (exact) mass is 238 g/mol. The third-order valence-electron chi connectivity index (χ3n) is 2.73. The van der Waals surface area contributed by atoms with Gasteiger partial charge in [0.15, 0.2) is 0 Å². The molecule has 17 heavy (non-hydrogen) atoms. The Morgan fingerprint density at radius 3 is 2.53 bits per heavy atom. The number of nitrogens with two attached hydrogens (primary N) is 1. The number of amides is 1. The van der Waals surface area contributed by atoms with E-state index in [1.54, 1.807) is 19.1 Å². The molecule has 0 fully saturated rings. The molecule has 3 nitrogen and oxygen atoms in total. The van der Waals surface area contributed by atoms with Gasteiger partial charge in [0.05, 0.1) is 12.1 Å². The Morgan fingerprint density at radius 2 is 2.00 bits per heavy atom. The van der Waals surface area contributed by atoms with E-state index in [-0.39, 0.29) is 23.7 Å². The minimum Gasteiger partial charge on any atom is -0.348 e. The van der Waals surface area contributed by atoms with Crippen molar-refractivity contribution in [1.82, 2.24) is 5.32 Å². The molecule has 1 unspecified atom stereocenters. The molecule has 0 aromatic heterocycles. The minimum absolute atomic E-state index is 0.0784. The fourth-order valence-electron chi connectivity index (χ4n) is 1.47. The van der Waals surface area contributed by atoms with Crippen LogP contribution in [-0.2, 0) is 4.79 Å². The quantitative estimate of drug-likeness (QED) is 0.842. The molecule has 1 rings (SSSR count). The normalized spacial score (nSPS) is 14.5. The molecule has 0 radical (unpaired) electrons. The van der Waals surface area contributed by atoms with Crippen LogP contribution in [-0.4, -0.2) is 11.9 Å². The lowest BCUT2D eigenvalue weighted by atomic mass is 10.0. The van der Waals surface area contributed by atoms with Crippen LogP contribution in [0.2, 0.25) is 0 Å². The number of nitrogens with one attached hydrogen (secondary N) is 1. The third-order valence-corrected chi connectivity index (χ3v) is 2.73. The van der Waals surface area contributed by atoms with Crippen LogP contribution < -0.4 is 11.1 Å². The van der Waals surface area contributed by atoms with Gasteiger partial charge in [-0.3, -0.25) is 4.79 Å². The smallest absolute Gasteiger partial charge is 0.237 e. The third kappa shape index (κ3) is 3.82. The van der Waals surface area contributed by atoms with Gasteiger partial charge >= 0.3 is 0 Å². The van der Waals surface area contributed by atoms with Gasteiger partial charge in [-0.15, -0.1) is 0 Å². The fourth-order valence-corrected chi connectivity index (χ4v) is 1.47. The largest absolute Gasteiger partial charge is 0.348 e. The van der Waals surface area contributed by atoms with Crippen LogP contribution in [0.4, 0.5) is 4.39 Å². The highest BCUT2D eigenvalue weighted by molar-refractivity contribution is 5.82. The van der Waals surface area contributed by atoms with Crippen LogP contribution in [0.5, 0.6) is 0 Å². The average molecular weight is 238 g/mol. The van der Waals surface area contributed by atoms with E-state index in [2.05, 4.69) is 5.32 Å². The number of benzene rings is 1. The molecule has 94 valence electrons. The Hall–Kier alpha value is -1.42. The van der Waals surface area contributed by atoms with Crippen LogP contribution >= 0.6 is 0 Å². The van der Waals surface area contributed by atoms with Crippen molar-refractivity contribution in [2.45, 2.75) is 32.9 Å². The lowest BCUT2D eigenvalue weighted by Gasteiger charge is -2.20. The summed E-state index contributed by atoms with van der Waals surface area (Å²) in [6.07, 6.45) is 0. The first-order valence-corrected chi connectivity index (χ1v) is 5.73. The van der Waals surface area contributed by atoms with Gasteiger partial charge in [-0.2, -0.15) is 0 Å². The Morgan fingerprint density at radius 1 is 1.35 bits per heavy atom. The second kappa shape index (κ2) is 5.77. The number of hydrogen-bond donors (Lipinski definition) is 2. The SMILES string of the molecule is CC(C)C(N)C(=O)N[C@H](C)c1cccc(F)c1. The van der Waals surface area contributed by atoms with Crippen LogP contribution in [0.3, 0.4) is 0 Å². The second-order valence-electron chi connectivity index (χ2n) is 4.56. The first-order chi connectivity index (χ1) is 7.91. The summed E-state index contributed by atoms with van der Waals surface area (Å²) in [7, 11) is 0. The summed E-state index contributed by atoms with van der Waals surface area (Å²) in [4.78, 5) is 11.7. The van der Waals surface area contributed by atoms with Crippen molar-refractivity contribution < 1.29 is 9.18 Å². The van der Waals surface area contributed by atoms with Crippen LogP contribution in [0, 0.1) is 11.7 Å². The molecule has 0 aliphatic heterocycles. The summed E-state index contributed by atoms with van der Waals surface area (Å²) in [6, 6.07) is 5.39. The van der Waals surface area contributed by atoms with Gasteiger partial charge in [-0.1, -0.05) is 26.0 Å². The van der Waals surface area contributed by atoms with Gasteiger partial charge < -0.3 is 11.1 Å². The molecule has 0 saturated carbocycles. The second-order valence-corrected chi connectivity index (χ2v) is 4.56. The predicted molar refractivity (Wildman–Crippen MR) is 65.8 cm³/mol. The molecule has 0 bridgehead atoms. The zero-order chi connectivity index (χ0) is 13.0. The van der Waals surface area contributed by atoms with Crippen LogP contribution in [0.1, 0.15) is 32.4 Å². The summed E-state index contributed by atoms with van der Waals surface area (Å²) < 4.78 is 13.0. The van der Waals surface area contributed by atoms with Crippen LogP contribution in [0.25, 0.3) is 0 Å². The van der Waals surface area contributed by atoms with E-state index < -0.39 is 6.04 Å². The van der Waals surface area contributed by atoms with E-state index in [0.717, 1.165) is 5.56 Å². The summed E-state index contributed by atoms with van der Waals surface area (Å²) in [5.41, 5.74) is 6.46. The highest BCUT2D eigenvalue weighted by Crippen LogP contribution is 2.13. The molecule has 1 aromatic carbocycles. The van der Waals surface area contributed by atoms with Crippen molar-refractivity contribution in [2.75, 3.05) is 0 Å². The Labute approximate surface area is 101 Å². The van der Waals surface area contributed by atoms with Gasteiger partial charge in [-0.25, -0.2) is 4.39 Å². The first-order valence-electron chi connectivity index (χ1n) is 5.73. The van der Waals surface area contributed by atoms with E-state index in [9.17, 15) is 9.18 Å². The van der Waals surface area contributed by atoms with Crippen LogP contribution in [0.15, 0.2) is 24.3 Å². The summed E-state index contributed by atoms with van der Waals surface area (Å²) in [5.74, 6) is -0.441. The summed E-state index contributed by atoms with van der Waals surface area (Å²) in [6.45, 7) is 5.58. The molecule has 0 aliphatic rings. The number of halogens is 1. The number of carbonyl (C=O) groups excluding carboxylic acids is 1. The maximum Gasteiger partial charge on any atom is 0.237 e. The Bertz CT molecular complexity index is 393. The van der Waals surface area contributed by atoms with Crippen molar-refractivity contribution in [3.8, 4) is 0 Å². The standard InChI is InChI=1S/C13H19FN2O/c1-8(2)12(15)13(17)16-9(3)10-5-4-6-11(14)7-10/h4-9,12H,15H2,1-3H3,(H,16,17)/t9-,12?/m1/s1. The zero-order valence-electron chi connectivity index (χ0n) is 10.4. The van der Waals surface area contributed by atoms with E-state index in [4.69, 9.17) is 5.73 Å². The lowest BCUT2D eigenvalue weighted by Crippen LogP contribution is -2.44. The first kappa shape index (κ1) is 13.6. The molecule has 0 aliphatic carbocycles.